The molecule has 6 rings (SSSR count). The predicted molar refractivity (Wildman–Crippen MR) is 169 cm³/mol. The van der Waals surface area contributed by atoms with Gasteiger partial charge in [-0.05, 0) is 62.9 Å². The lowest BCUT2D eigenvalue weighted by molar-refractivity contribution is -0.137. The van der Waals surface area contributed by atoms with Gasteiger partial charge in [0.2, 0.25) is 11.6 Å². The van der Waals surface area contributed by atoms with Crippen molar-refractivity contribution in [1.82, 2.24) is 19.6 Å². The van der Waals surface area contributed by atoms with E-state index in [-0.39, 0.29) is 42.6 Å². The zero-order valence-corrected chi connectivity index (χ0v) is 27.1. The Bertz CT molecular complexity index is 1890. The van der Waals surface area contributed by atoms with E-state index in [0.29, 0.717) is 49.0 Å². The first-order valence-corrected chi connectivity index (χ1v) is 15.9. The number of hydrogen-bond acceptors (Lipinski definition) is 6. The second-order valence-corrected chi connectivity index (χ2v) is 13.7. The summed E-state index contributed by atoms with van der Waals surface area (Å²) in [7, 11) is 0. The minimum Gasteiger partial charge on any atom is -0.383 e. The molecule has 2 atom stereocenters. The molecule has 2 saturated heterocycles. The Kier molecular flexibility index (Phi) is 8.92. The zero-order valence-electron chi connectivity index (χ0n) is 27.1. The molecule has 4 heterocycles. The number of nitrogens with zero attached hydrogens (tertiary/aromatic N) is 4. The summed E-state index contributed by atoms with van der Waals surface area (Å²) in [5.74, 6) is -3.77. The Labute approximate surface area is 277 Å². The number of amides is 1. The quantitative estimate of drug-likeness (QED) is 0.217. The smallest absolute Gasteiger partial charge is 0.383 e. The Hall–Kier alpha value is -4.53. The van der Waals surface area contributed by atoms with Crippen LogP contribution in [0.3, 0.4) is 0 Å². The molecule has 0 unspecified atom stereocenters. The molecule has 2 aliphatic rings. The number of aromatic amines is 1. The van der Waals surface area contributed by atoms with Gasteiger partial charge in [-0.3, -0.25) is 19.8 Å². The number of piperidine rings is 1. The lowest BCUT2D eigenvalue weighted by Gasteiger charge is -2.34. The number of carbonyl (C=O) groups excluding carboxylic acids is 1. The van der Waals surface area contributed by atoms with Gasteiger partial charge in [0.1, 0.15) is 17.4 Å². The Morgan fingerprint density at radius 2 is 1.82 bits per heavy atom. The predicted octanol–water partition coefficient (Wildman–Crippen LogP) is 6.44. The van der Waals surface area contributed by atoms with Crippen molar-refractivity contribution in [3.05, 3.63) is 99.3 Å². The third-order valence-corrected chi connectivity index (χ3v) is 9.52. The normalized spacial score (nSPS) is 21.0. The summed E-state index contributed by atoms with van der Waals surface area (Å²) >= 11 is 0. The average molecular weight is 691 g/mol. The summed E-state index contributed by atoms with van der Waals surface area (Å²) < 4.78 is 93.9. The fraction of sp³-hybridized carbons (Fsp3) is 0.441. The second kappa shape index (κ2) is 12.7. The molecule has 2 fully saturated rings. The van der Waals surface area contributed by atoms with Crippen molar-refractivity contribution in [2.75, 3.05) is 36.4 Å². The SMILES string of the molecule is CC(C)(C)N1C[C@@H](c2ccc(F)cc2F)[C@](F)(C(=O)Nc2nccn2Cc2ccc(C(F)(F)F)cc2N2CCC(c3cc(=O)[nH]o3)CC2)C1. The van der Waals surface area contributed by atoms with E-state index in [4.69, 9.17) is 4.52 Å². The van der Waals surface area contributed by atoms with E-state index in [1.807, 2.05) is 25.7 Å². The van der Waals surface area contributed by atoms with E-state index >= 15 is 4.39 Å². The number of halogens is 6. The van der Waals surface area contributed by atoms with Crippen molar-refractivity contribution in [3.63, 3.8) is 0 Å². The van der Waals surface area contributed by atoms with E-state index < -0.39 is 46.4 Å². The molecule has 2 aromatic carbocycles. The maximum atomic E-state index is 17.0. The summed E-state index contributed by atoms with van der Waals surface area (Å²) in [6, 6.07) is 7.62. The molecule has 0 aliphatic carbocycles. The van der Waals surface area contributed by atoms with E-state index in [1.165, 1.54) is 29.1 Å². The molecule has 15 heteroatoms. The van der Waals surface area contributed by atoms with Crippen LogP contribution >= 0.6 is 0 Å². The molecular weight excluding hydrogens is 654 g/mol. The topological polar surface area (TPSA) is 99.4 Å². The lowest BCUT2D eigenvalue weighted by Crippen LogP contribution is -2.47. The fourth-order valence-electron chi connectivity index (χ4n) is 6.71. The van der Waals surface area contributed by atoms with Crippen molar-refractivity contribution in [3.8, 4) is 0 Å². The number of likely N-dealkylation sites (tertiary alicyclic amines) is 1. The van der Waals surface area contributed by atoms with Gasteiger partial charge in [0.05, 0.1) is 12.1 Å². The van der Waals surface area contributed by atoms with Crippen LogP contribution in [-0.4, -0.2) is 62.9 Å². The molecule has 0 saturated carbocycles. The average Bonchev–Trinajstić information content (AvgIpc) is 3.76. The lowest BCUT2D eigenvalue weighted by atomic mass is 9.85. The highest BCUT2D eigenvalue weighted by Crippen LogP contribution is 2.44. The summed E-state index contributed by atoms with van der Waals surface area (Å²) in [5, 5.41) is 4.80. The highest BCUT2D eigenvalue weighted by Gasteiger charge is 2.56. The minimum absolute atomic E-state index is 0.00769. The zero-order chi connectivity index (χ0) is 35.3. The number of rotatable bonds is 7. The summed E-state index contributed by atoms with van der Waals surface area (Å²) in [5.41, 5.74) is -3.71. The molecule has 2 N–H and O–H groups in total. The first-order chi connectivity index (χ1) is 23.0. The number of carbonyl (C=O) groups is 1. The van der Waals surface area contributed by atoms with E-state index in [9.17, 15) is 31.5 Å². The monoisotopic (exact) mass is 690 g/mol. The van der Waals surface area contributed by atoms with Crippen LogP contribution in [-0.2, 0) is 17.5 Å². The number of nitrogens with one attached hydrogen (secondary N) is 2. The minimum atomic E-state index is -4.59. The number of aromatic nitrogens is 3. The van der Waals surface area contributed by atoms with Crippen molar-refractivity contribution >= 4 is 17.5 Å². The highest BCUT2D eigenvalue weighted by molar-refractivity contribution is 5.97. The van der Waals surface area contributed by atoms with Gasteiger partial charge in [0.15, 0.2) is 0 Å². The van der Waals surface area contributed by atoms with Crippen molar-refractivity contribution in [2.45, 2.75) is 69.4 Å². The summed E-state index contributed by atoms with van der Waals surface area (Å²) in [4.78, 5) is 33.0. The molecule has 1 amide bonds. The van der Waals surface area contributed by atoms with E-state index in [0.717, 1.165) is 24.3 Å². The van der Waals surface area contributed by atoms with Crippen molar-refractivity contribution < 1.29 is 35.7 Å². The van der Waals surface area contributed by atoms with Crippen LogP contribution in [0.2, 0.25) is 0 Å². The molecule has 49 heavy (non-hydrogen) atoms. The summed E-state index contributed by atoms with van der Waals surface area (Å²) in [6.07, 6.45) is -0.652. The van der Waals surface area contributed by atoms with Crippen LogP contribution in [0.5, 0.6) is 0 Å². The van der Waals surface area contributed by atoms with Gasteiger partial charge in [-0.2, -0.15) is 18.3 Å². The number of hydrogen-bond donors (Lipinski definition) is 2. The van der Waals surface area contributed by atoms with E-state index in [1.54, 1.807) is 4.90 Å². The molecule has 262 valence electrons. The van der Waals surface area contributed by atoms with Crippen LogP contribution in [0.4, 0.5) is 38.0 Å². The van der Waals surface area contributed by atoms with Gasteiger partial charge < -0.3 is 14.0 Å². The Morgan fingerprint density at radius 3 is 2.45 bits per heavy atom. The van der Waals surface area contributed by atoms with Gasteiger partial charge in [0, 0.05) is 73.8 Å². The third kappa shape index (κ3) is 6.98. The molecule has 0 bridgehead atoms. The van der Waals surface area contributed by atoms with E-state index in [2.05, 4.69) is 15.5 Å². The number of benzene rings is 2. The molecular formula is C34H36F6N6O3. The van der Waals surface area contributed by atoms with Gasteiger partial charge in [-0.15, -0.1) is 0 Å². The highest BCUT2D eigenvalue weighted by atomic mass is 19.4. The largest absolute Gasteiger partial charge is 0.416 e. The third-order valence-electron chi connectivity index (χ3n) is 9.52. The maximum Gasteiger partial charge on any atom is 0.416 e. The maximum absolute atomic E-state index is 17.0. The van der Waals surface area contributed by atoms with Crippen LogP contribution in [0, 0.1) is 11.6 Å². The van der Waals surface area contributed by atoms with Gasteiger partial charge in [-0.1, -0.05) is 12.1 Å². The number of anilines is 2. The van der Waals surface area contributed by atoms with Crippen molar-refractivity contribution in [2.24, 2.45) is 0 Å². The molecule has 0 radical (unpaired) electrons. The van der Waals surface area contributed by atoms with Crippen LogP contribution in [0.15, 0.2) is 64.2 Å². The number of H-pyrrole nitrogens is 1. The standard InChI is InChI=1S/C34H36F6N6O3/c1-32(2,3)46-18-25(24-7-6-23(35)15-26(24)36)33(37,19-46)30(48)42-31-41-10-13-45(31)17-21-4-5-22(34(38,39)40)14-27(21)44-11-8-20(9-12-44)28-16-29(47)43-49-28/h4-7,10,13-16,20,25H,8-9,11-12,17-19H2,1-3H3,(H,43,47)(H,41,42,48)/t25-,33-/m0/s1. The van der Waals surface area contributed by atoms with Crippen molar-refractivity contribution in [1.29, 1.82) is 0 Å². The van der Waals surface area contributed by atoms with Crippen LogP contribution < -0.4 is 15.8 Å². The second-order valence-electron chi connectivity index (χ2n) is 13.7. The molecule has 2 aromatic heterocycles. The van der Waals surface area contributed by atoms with Gasteiger partial charge in [0.25, 0.3) is 11.5 Å². The molecule has 9 nitrogen and oxygen atoms in total. The molecule has 4 aromatic rings. The first-order valence-electron chi connectivity index (χ1n) is 15.9. The van der Waals surface area contributed by atoms with Crippen LogP contribution in [0.1, 0.15) is 67.9 Å². The Balaban J connectivity index is 1.26. The number of alkyl halides is 4. The van der Waals surface area contributed by atoms with Crippen LogP contribution in [0.25, 0.3) is 0 Å². The number of imidazole rings is 1. The van der Waals surface area contributed by atoms with Gasteiger partial charge in [-0.25, -0.2) is 18.2 Å². The fourth-order valence-corrected chi connectivity index (χ4v) is 6.71. The van der Waals surface area contributed by atoms with Gasteiger partial charge >= 0.3 is 6.18 Å². The molecule has 0 spiro atoms. The Morgan fingerprint density at radius 1 is 1.08 bits per heavy atom. The first kappa shape index (κ1) is 34.3. The molecule has 2 aliphatic heterocycles. The summed E-state index contributed by atoms with van der Waals surface area (Å²) in [6.45, 7) is 5.90.